The third-order valence-corrected chi connectivity index (χ3v) is 5.62. The number of nitrogens with zero attached hydrogens (tertiary/aromatic N) is 1. The van der Waals surface area contributed by atoms with Crippen LogP contribution < -0.4 is 5.32 Å². The van der Waals surface area contributed by atoms with E-state index in [1.807, 2.05) is 61.5 Å². The van der Waals surface area contributed by atoms with Crippen LogP contribution in [0.25, 0.3) is 0 Å². The number of nitrogens with one attached hydrogen (secondary N) is 1. The Labute approximate surface area is 199 Å². The van der Waals surface area contributed by atoms with Crippen molar-refractivity contribution >= 4 is 35.0 Å². The molecule has 2 amide bonds. The number of carbonyl (C=O) groups excluding carboxylic acids is 2. The van der Waals surface area contributed by atoms with Gasteiger partial charge in [0.2, 0.25) is 11.8 Å². The van der Waals surface area contributed by atoms with Gasteiger partial charge in [-0.1, -0.05) is 77.8 Å². The van der Waals surface area contributed by atoms with Gasteiger partial charge >= 0.3 is 0 Å². The van der Waals surface area contributed by atoms with Gasteiger partial charge in [-0.15, -0.1) is 0 Å². The summed E-state index contributed by atoms with van der Waals surface area (Å²) in [5.74, 6) is -0.320. The summed E-state index contributed by atoms with van der Waals surface area (Å²) in [6.07, 6.45) is 0.570. The van der Waals surface area contributed by atoms with Crippen molar-refractivity contribution in [2.75, 3.05) is 6.54 Å². The lowest BCUT2D eigenvalue weighted by atomic mass is 10.0. The average molecular weight is 469 g/mol. The van der Waals surface area contributed by atoms with Gasteiger partial charge in [0.05, 0.1) is 6.42 Å². The lowest BCUT2D eigenvalue weighted by Gasteiger charge is -2.31. The van der Waals surface area contributed by atoms with Gasteiger partial charge in [-0.2, -0.15) is 0 Å². The molecule has 4 nitrogen and oxygen atoms in total. The predicted molar refractivity (Wildman–Crippen MR) is 130 cm³/mol. The first-order valence-electron chi connectivity index (χ1n) is 10.6. The van der Waals surface area contributed by atoms with Crippen molar-refractivity contribution in [2.24, 2.45) is 0 Å². The van der Waals surface area contributed by atoms with Crippen LogP contribution >= 0.6 is 23.2 Å². The highest BCUT2D eigenvalue weighted by atomic mass is 35.5. The zero-order valence-corrected chi connectivity index (χ0v) is 19.4. The summed E-state index contributed by atoms with van der Waals surface area (Å²) in [6.45, 7) is 2.65. The van der Waals surface area contributed by atoms with Gasteiger partial charge in [0.25, 0.3) is 0 Å². The minimum atomic E-state index is -0.653. The summed E-state index contributed by atoms with van der Waals surface area (Å²) in [7, 11) is 0. The Morgan fingerprint density at radius 2 is 1.53 bits per heavy atom. The Bertz CT molecular complexity index is 1040. The van der Waals surface area contributed by atoms with E-state index in [4.69, 9.17) is 23.2 Å². The van der Waals surface area contributed by atoms with Crippen molar-refractivity contribution in [3.63, 3.8) is 0 Å². The number of hydrogen-bond acceptors (Lipinski definition) is 2. The number of carbonyl (C=O) groups is 2. The summed E-state index contributed by atoms with van der Waals surface area (Å²) in [5.41, 5.74) is 2.69. The summed E-state index contributed by atoms with van der Waals surface area (Å²) in [4.78, 5) is 28.3. The van der Waals surface area contributed by atoms with Gasteiger partial charge in [-0.25, -0.2) is 0 Å². The van der Waals surface area contributed by atoms with Crippen LogP contribution in [0.2, 0.25) is 10.0 Å². The molecule has 3 rings (SSSR count). The molecule has 0 aliphatic rings. The maximum Gasteiger partial charge on any atom is 0.243 e. The van der Waals surface area contributed by atoms with Gasteiger partial charge in [-0.3, -0.25) is 9.59 Å². The first-order valence-corrected chi connectivity index (χ1v) is 11.3. The van der Waals surface area contributed by atoms with Crippen molar-refractivity contribution in [3.8, 4) is 0 Å². The number of benzene rings is 3. The van der Waals surface area contributed by atoms with Crippen molar-refractivity contribution < 1.29 is 9.59 Å². The van der Waals surface area contributed by atoms with Gasteiger partial charge in [-0.05, 0) is 47.9 Å². The first kappa shape index (κ1) is 23.8. The molecular formula is C26H26Cl2N2O2. The molecule has 0 saturated heterocycles. The van der Waals surface area contributed by atoms with Crippen LogP contribution in [0.1, 0.15) is 23.6 Å². The molecule has 0 saturated carbocycles. The quantitative estimate of drug-likeness (QED) is 0.462. The largest absolute Gasteiger partial charge is 0.355 e. The second-order valence-electron chi connectivity index (χ2n) is 7.55. The third kappa shape index (κ3) is 6.84. The van der Waals surface area contributed by atoms with E-state index in [2.05, 4.69) is 5.32 Å². The van der Waals surface area contributed by atoms with Crippen molar-refractivity contribution in [1.82, 2.24) is 10.2 Å². The first-order chi connectivity index (χ1) is 15.5. The Morgan fingerprint density at radius 3 is 2.19 bits per heavy atom. The fourth-order valence-corrected chi connectivity index (χ4v) is 3.89. The highest BCUT2D eigenvalue weighted by Gasteiger charge is 2.30. The molecule has 0 bridgehead atoms. The van der Waals surface area contributed by atoms with Crippen molar-refractivity contribution in [1.29, 1.82) is 0 Å². The smallest absolute Gasteiger partial charge is 0.243 e. The topological polar surface area (TPSA) is 49.4 Å². The Morgan fingerprint density at radius 1 is 0.844 bits per heavy atom. The zero-order valence-electron chi connectivity index (χ0n) is 17.9. The van der Waals surface area contributed by atoms with Crippen LogP contribution in [-0.2, 0) is 29.0 Å². The molecule has 32 heavy (non-hydrogen) atoms. The lowest BCUT2D eigenvalue weighted by Crippen LogP contribution is -2.50. The monoisotopic (exact) mass is 468 g/mol. The van der Waals surface area contributed by atoms with E-state index in [0.717, 1.165) is 16.7 Å². The molecule has 166 valence electrons. The maximum absolute atomic E-state index is 13.5. The molecule has 0 fully saturated rings. The molecule has 0 aromatic heterocycles. The molecule has 0 heterocycles. The fourth-order valence-electron chi connectivity index (χ4n) is 3.56. The zero-order chi connectivity index (χ0) is 22.9. The van der Waals surface area contributed by atoms with E-state index in [1.54, 1.807) is 29.2 Å². The number of likely N-dealkylation sites (N-methyl/N-ethyl adjacent to an activating group) is 1. The standard InChI is InChI=1S/C26H26Cl2N2O2/c1-2-29-26(32)24(16-19-7-4-3-5-8-19)30(18-20-11-13-22(27)14-12-20)25(31)17-21-9-6-10-23(28)15-21/h3-15,24H,2,16-18H2,1H3,(H,29,32)/t24-/m1/s1. The maximum atomic E-state index is 13.5. The molecule has 0 spiro atoms. The van der Waals surface area contributed by atoms with E-state index in [9.17, 15) is 9.59 Å². The third-order valence-electron chi connectivity index (χ3n) is 5.13. The molecule has 0 unspecified atom stereocenters. The lowest BCUT2D eigenvalue weighted by molar-refractivity contribution is -0.140. The molecule has 3 aromatic rings. The van der Waals surface area contributed by atoms with Crippen LogP contribution in [0.5, 0.6) is 0 Å². The van der Waals surface area contributed by atoms with Gasteiger partial charge < -0.3 is 10.2 Å². The SMILES string of the molecule is CCNC(=O)[C@@H](Cc1ccccc1)N(Cc1ccc(Cl)cc1)C(=O)Cc1cccc(Cl)c1. The second-order valence-corrected chi connectivity index (χ2v) is 8.43. The number of halogens is 2. The molecule has 3 aromatic carbocycles. The molecule has 6 heteroatoms. The Kier molecular flexibility index (Phi) is 8.72. The van der Waals surface area contributed by atoms with Gasteiger partial charge in [0.1, 0.15) is 6.04 Å². The van der Waals surface area contributed by atoms with Crippen LogP contribution in [0.15, 0.2) is 78.9 Å². The Balaban J connectivity index is 1.94. The minimum absolute atomic E-state index is 0.144. The second kappa shape index (κ2) is 11.7. The van der Waals surface area contributed by atoms with Crippen LogP contribution in [0, 0.1) is 0 Å². The molecule has 1 atom stereocenters. The van der Waals surface area contributed by atoms with Gasteiger partial charge in [0.15, 0.2) is 0 Å². The van der Waals surface area contributed by atoms with Crippen molar-refractivity contribution in [3.05, 3.63) is 106 Å². The highest BCUT2D eigenvalue weighted by Crippen LogP contribution is 2.19. The van der Waals surface area contributed by atoms with Crippen LogP contribution in [0.3, 0.4) is 0 Å². The number of amides is 2. The molecule has 0 aliphatic heterocycles. The van der Waals surface area contributed by atoms with Crippen molar-refractivity contribution in [2.45, 2.75) is 32.4 Å². The van der Waals surface area contributed by atoms with E-state index in [1.165, 1.54) is 0 Å². The molecule has 0 aliphatic carbocycles. The summed E-state index contributed by atoms with van der Waals surface area (Å²) in [5, 5.41) is 4.09. The molecule has 0 radical (unpaired) electrons. The van der Waals surface area contributed by atoms with E-state index >= 15 is 0 Å². The average Bonchev–Trinajstić information content (AvgIpc) is 2.78. The van der Waals surface area contributed by atoms with Crippen LogP contribution in [0.4, 0.5) is 0 Å². The predicted octanol–water partition coefficient (Wildman–Crippen LogP) is 5.31. The minimum Gasteiger partial charge on any atom is -0.355 e. The van der Waals surface area contributed by atoms with E-state index in [-0.39, 0.29) is 18.2 Å². The normalized spacial score (nSPS) is 11.6. The molecule has 1 N–H and O–H groups in total. The Hall–Kier alpha value is -2.82. The van der Waals surface area contributed by atoms with E-state index in [0.29, 0.717) is 29.6 Å². The highest BCUT2D eigenvalue weighted by molar-refractivity contribution is 6.30. The van der Waals surface area contributed by atoms with E-state index < -0.39 is 6.04 Å². The molecular weight excluding hydrogens is 443 g/mol. The number of rotatable bonds is 9. The van der Waals surface area contributed by atoms with Crippen LogP contribution in [-0.4, -0.2) is 29.3 Å². The summed E-state index contributed by atoms with van der Waals surface area (Å²) in [6, 6.07) is 23.6. The number of hydrogen-bond donors (Lipinski definition) is 1. The summed E-state index contributed by atoms with van der Waals surface area (Å²) < 4.78 is 0. The fraction of sp³-hybridized carbons (Fsp3) is 0.231. The van der Waals surface area contributed by atoms with Gasteiger partial charge in [0, 0.05) is 29.6 Å². The summed E-state index contributed by atoms with van der Waals surface area (Å²) >= 11 is 12.1.